The summed E-state index contributed by atoms with van der Waals surface area (Å²) in [6.45, 7) is 3.22. The molecule has 2 aromatic heterocycles. The van der Waals surface area contributed by atoms with Crippen molar-refractivity contribution in [3.05, 3.63) is 46.0 Å². The summed E-state index contributed by atoms with van der Waals surface area (Å²) in [6.07, 6.45) is 4.23. The Morgan fingerprint density at radius 2 is 2.41 bits per heavy atom. The molecule has 116 valence electrons. The lowest BCUT2D eigenvalue weighted by molar-refractivity contribution is 0.0691. The molecular weight excluding hydrogens is 284 g/mol. The zero-order valence-corrected chi connectivity index (χ0v) is 12.4. The Kier molecular flexibility index (Phi) is 4.04. The van der Waals surface area contributed by atoms with Crippen LogP contribution in [0.4, 0.5) is 0 Å². The third-order valence-corrected chi connectivity index (χ3v) is 3.96. The number of rotatable bonds is 3. The fourth-order valence-corrected chi connectivity index (χ4v) is 2.75. The number of pyridine rings is 1. The maximum atomic E-state index is 12.6. The van der Waals surface area contributed by atoms with Crippen molar-refractivity contribution in [2.75, 3.05) is 13.1 Å². The highest BCUT2D eigenvalue weighted by atomic mass is 16.4. The zero-order valence-electron chi connectivity index (χ0n) is 12.4. The van der Waals surface area contributed by atoms with Gasteiger partial charge in [0.2, 0.25) is 5.89 Å². The lowest BCUT2D eigenvalue weighted by atomic mass is 9.97. The quantitative estimate of drug-likeness (QED) is 0.923. The second-order valence-corrected chi connectivity index (χ2v) is 5.44. The molecule has 3 heterocycles. The Bertz CT molecular complexity index is 721. The summed E-state index contributed by atoms with van der Waals surface area (Å²) in [7, 11) is 0. The summed E-state index contributed by atoms with van der Waals surface area (Å²) >= 11 is 0. The highest BCUT2D eigenvalue weighted by molar-refractivity contribution is 5.92. The monoisotopic (exact) mass is 302 g/mol. The van der Waals surface area contributed by atoms with Gasteiger partial charge in [-0.15, -0.1) is 5.10 Å². The van der Waals surface area contributed by atoms with Gasteiger partial charge in [0.25, 0.3) is 5.91 Å². The summed E-state index contributed by atoms with van der Waals surface area (Å²) in [5.41, 5.74) is 1.55. The molecule has 1 aliphatic heterocycles. The molecule has 0 bridgehead atoms. The van der Waals surface area contributed by atoms with Crippen molar-refractivity contribution < 1.29 is 9.21 Å². The van der Waals surface area contributed by atoms with E-state index in [2.05, 4.69) is 15.2 Å². The molecule has 7 nitrogen and oxygen atoms in total. The predicted molar refractivity (Wildman–Crippen MR) is 78.6 cm³/mol. The average molecular weight is 302 g/mol. The Labute approximate surface area is 127 Å². The van der Waals surface area contributed by atoms with Crippen LogP contribution in [0.2, 0.25) is 0 Å². The number of hydrogen-bond acceptors (Lipinski definition) is 5. The van der Waals surface area contributed by atoms with E-state index < -0.39 is 5.76 Å². The van der Waals surface area contributed by atoms with Gasteiger partial charge in [-0.1, -0.05) is 6.92 Å². The molecule has 1 fully saturated rings. The van der Waals surface area contributed by atoms with Gasteiger partial charge < -0.3 is 9.32 Å². The molecule has 1 aliphatic rings. The maximum absolute atomic E-state index is 12.6. The van der Waals surface area contributed by atoms with Crippen molar-refractivity contribution in [1.82, 2.24) is 20.1 Å². The van der Waals surface area contributed by atoms with Crippen LogP contribution >= 0.6 is 0 Å². The number of carbonyl (C=O) groups excluding carboxylic acids is 1. The molecule has 1 amide bonds. The van der Waals surface area contributed by atoms with E-state index in [1.165, 1.54) is 0 Å². The van der Waals surface area contributed by atoms with Gasteiger partial charge in [0.1, 0.15) is 5.69 Å². The van der Waals surface area contributed by atoms with Crippen LogP contribution < -0.4 is 5.76 Å². The molecule has 1 saturated heterocycles. The molecule has 0 aromatic carbocycles. The van der Waals surface area contributed by atoms with Crippen LogP contribution in [-0.4, -0.2) is 39.1 Å². The van der Waals surface area contributed by atoms with Crippen LogP contribution in [0, 0.1) is 0 Å². The van der Waals surface area contributed by atoms with E-state index in [4.69, 9.17) is 4.42 Å². The van der Waals surface area contributed by atoms with Crippen LogP contribution in [0.15, 0.2) is 27.5 Å². The number of carbonyl (C=O) groups is 1. The fraction of sp³-hybridized carbons (Fsp3) is 0.467. The number of aryl methyl sites for hydroxylation is 1. The molecule has 0 radical (unpaired) electrons. The van der Waals surface area contributed by atoms with Crippen molar-refractivity contribution in [2.24, 2.45) is 0 Å². The van der Waals surface area contributed by atoms with Gasteiger partial charge in [-0.25, -0.2) is 9.89 Å². The number of hydrogen-bond donors (Lipinski definition) is 1. The number of aromatic nitrogens is 3. The molecule has 1 atom stereocenters. The van der Waals surface area contributed by atoms with Crippen molar-refractivity contribution in [2.45, 2.75) is 32.1 Å². The number of amides is 1. The number of piperidine rings is 1. The zero-order chi connectivity index (χ0) is 15.5. The van der Waals surface area contributed by atoms with Gasteiger partial charge >= 0.3 is 5.76 Å². The van der Waals surface area contributed by atoms with E-state index in [0.717, 1.165) is 24.8 Å². The van der Waals surface area contributed by atoms with E-state index in [0.29, 0.717) is 24.7 Å². The van der Waals surface area contributed by atoms with Gasteiger partial charge in [0.05, 0.1) is 5.92 Å². The summed E-state index contributed by atoms with van der Waals surface area (Å²) in [5, 5.41) is 6.14. The second-order valence-electron chi connectivity index (χ2n) is 5.44. The molecule has 7 heteroatoms. The Morgan fingerprint density at radius 1 is 1.55 bits per heavy atom. The third kappa shape index (κ3) is 2.93. The van der Waals surface area contributed by atoms with E-state index in [1.807, 2.05) is 19.1 Å². The molecular formula is C15H18N4O3. The normalized spacial score (nSPS) is 18.4. The minimum Gasteiger partial charge on any atom is -0.392 e. The number of nitrogens with one attached hydrogen (secondary N) is 1. The van der Waals surface area contributed by atoms with Crippen LogP contribution in [0.5, 0.6) is 0 Å². The van der Waals surface area contributed by atoms with E-state index in [-0.39, 0.29) is 11.8 Å². The molecule has 0 aliphatic carbocycles. The number of likely N-dealkylation sites (tertiary alicyclic amines) is 1. The molecule has 1 unspecified atom stereocenters. The fourth-order valence-electron chi connectivity index (χ4n) is 2.75. The smallest absolute Gasteiger partial charge is 0.392 e. The molecule has 22 heavy (non-hydrogen) atoms. The Balaban J connectivity index is 1.76. The summed E-state index contributed by atoms with van der Waals surface area (Å²) in [6, 6.07) is 3.74. The van der Waals surface area contributed by atoms with Gasteiger partial charge in [0.15, 0.2) is 0 Å². The predicted octanol–water partition coefficient (Wildman–Crippen LogP) is 1.34. The Morgan fingerprint density at radius 3 is 3.14 bits per heavy atom. The van der Waals surface area contributed by atoms with Crippen LogP contribution in [0.1, 0.15) is 47.6 Å². The topological polar surface area (TPSA) is 92.1 Å². The van der Waals surface area contributed by atoms with Crippen LogP contribution in [-0.2, 0) is 6.42 Å². The van der Waals surface area contributed by atoms with Gasteiger partial charge in [0, 0.05) is 19.3 Å². The van der Waals surface area contributed by atoms with Crippen LogP contribution in [0.25, 0.3) is 0 Å². The third-order valence-electron chi connectivity index (χ3n) is 3.96. The first-order valence-electron chi connectivity index (χ1n) is 7.47. The van der Waals surface area contributed by atoms with E-state index in [9.17, 15) is 9.59 Å². The number of nitrogens with zero attached hydrogens (tertiary/aromatic N) is 3. The number of H-pyrrole nitrogens is 1. The summed E-state index contributed by atoms with van der Waals surface area (Å²) in [5.74, 6) is -0.322. The van der Waals surface area contributed by atoms with Crippen LogP contribution in [0.3, 0.4) is 0 Å². The van der Waals surface area contributed by atoms with Gasteiger partial charge in [-0.2, -0.15) is 0 Å². The van der Waals surface area contributed by atoms with Gasteiger partial charge in [-0.3, -0.25) is 9.78 Å². The first kappa shape index (κ1) is 14.5. The molecule has 0 saturated carbocycles. The lowest BCUT2D eigenvalue weighted by Crippen LogP contribution is -2.39. The van der Waals surface area contributed by atoms with E-state index in [1.54, 1.807) is 11.1 Å². The summed E-state index contributed by atoms with van der Waals surface area (Å²) in [4.78, 5) is 29.6. The minimum atomic E-state index is -0.559. The highest BCUT2D eigenvalue weighted by Crippen LogP contribution is 2.25. The highest BCUT2D eigenvalue weighted by Gasteiger charge is 2.29. The Hall–Kier alpha value is -2.44. The first-order valence-corrected chi connectivity index (χ1v) is 7.47. The second kappa shape index (κ2) is 6.13. The number of aromatic amines is 1. The summed E-state index contributed by atoms with van der Waals surface area (Å²) < 4.78 is 5.02. The van der Waals surface area contributed by atoms with E-state index >= 15 is 0 Å². The van der Waals surface area contributed by atoms with Crippen molar-refractivity contribution >= 4 is 5.91 Å². The largest absolute Gasteiger partial charge is 0.434 e. The molecule has 1 N–H and O–H groups in total. The van der Waals surface area contributed by atoms with Crippen molar-refractivity contribution in [3.63, 3.8) is 0 Å². The molecule has 0 spiro atoms. The molecule has 2 aromatic rings. The molecule has 3 rings (SSSR count). The standard InChI is InChI=1S/C15H18N4O3/c1-2-10-5-6-16-12(8-10)14(20)19-7-3-4-11(9-19)13-17-18-15(21)22-13/h5-6,8,11H,2-4,7,9H2,1H3,(H,18,21). The minimum absolute atomic E-state index is 0.0500. The van der Waals surface area contributed by atoms with Crippen molar-refractivity contribution in [1.29, 1.82) is 0 Å². The van der Waals surface area contributed by atoms with Crippen molar-refractivity contribution in [3.8, 4) is 0 Å². The van der Waals surface area contributed by atoms with Gasteiger partial charge in [-0.05, 0) is 37.0 Å². The average Bonchev–Trinajstić information content (AvgIpc) is 3.01. The SMILES string of the molecule is CCc1ccnc(C(=O)N2CCCC(c3n[nH]c(=O)o3)C2)c1. The lowest BCUT2D eigenvalue weighted by Gasteiger charge is -2.30. The maximum Gasteiger partial charge on any atom is 0.434 e. The first-order chi connectivity index (χ1) is 10.7.